The van der Waals surface area contributed by atoms with Gasteiger partial charge in [-0.25, -0.2) is 4.98 Å². The minimum absolute atomic E-state index is 0.172. The molecule has 0 spiro atoms. The lowest BCUT2D eigenvalue weighted by Gasteiger charge is -2.17. The summed E-state index contributed by atoms with van der Waals surface area (Å²) >= 11 is 1.77. The van der Waals surface area contributed by atoms with Gasteiger partial charge in [0.1, 0.15) is 11.1 Å². The number of thiazole rings is 1. The highest BCUT2D eigenvalue weighted by Gasteiger charge is 2.19. The molecular weight excluding hydrogens is 194 g/mol. The SMILES string of the molecule is CCOC(c1ncc(CC)s1)C(C)C. The second kappa shape index (κ2) is 5.47. The topological polar surface area (TPSA) is 22.1 Å². The molecule has 80 valence electrons. The molecule has 1 heterocycles. The van der Waals surface area contributed by atoms with Crippen LogP contribution in [-0.4, -0.2) is 11.6 Å². The Morgan fingerprint density at radius 1 is 1.43 bits per heavy atom. The lowest BCUT2D eigenvalue weighted by atomic mass is 10.1. The number of hydrogen-bond acceptors (Lipinski definition) is 3. The van der Waals surface area contributed by atoms with E-state index in [0.717, 1.165) is 18.0 Å². The minimum atomic E-state index is 0.172. The van der Waals surface area contributed by atoms with Gasteiger partial charge in [0.25, 0.3) is 0 Å². The molecule has 0 saturated heterocycles. The first-order valence-corrected chi connectivity index (χ1v) is 6.06. The third-order valence-corrected chi connectivity index (χ3v) is 3.32. The van der Waals surface area contributed by atoms with Crippen LogP contribution in [0.1, 0.15) is 43.7 Å². The standard InChI is InChI=1S/C11H19NOS/c1-5-9-7-12-11(14-9)10(8(3)4)13-6-2/h7-8,10H,5-6H2,1-4H3. The van der Waals surface area contributed by atoms with Gasteiger partial charge >= 0.3 is 0 Å². The summed E-state index contributed by atoms with van der Waals surface area (Å²) in [5.74, 6) is 0.491. The average Bonchev–Trinajstić information content (AvgIpc) is 2.61. The second-order valence-corrected chi connectivity index (χ2v) is 4.79. The molecule has 0 aliphatic rings. The van der Waals surface area contributed by atoms with Crippen molar-refractivity contribution in [2.75, 3.05) is 6.61 Å². The zero-order valence-electron chi connectivity index (χ0n) is 9.41. The van der Waals surface area contributed by atoms with Gasteiger partial charge in [-0.1, -0.05) is 20.8 Å². The van der Waals surface area contributed by atoms with Crippen LogP contribution in [0, 0.1) is 5.92 Å². The predicted octanol–water partition coefficient (Wildman–Crippen LogP) is 3.44. The zero-order valence-corrected chi connectivity index (χ0v) is 10.2. The molecule has 0 bridgehead atoms. The normalized spacial score (nSPS) is 13.5. The first-order chi connectivity index (χ1) is 6.69. The van der Waals surface area contributed by atoms with E-state index in [0.29, 0.717) is 5.92 Å². The van der Waals surface area contributed by atoms with Crippen LogP contribution in [0.5, 0.6) is 0 Å². The van der Waals surface area contributed by atoms with E-state index < -0.39 is 0 Å². The van der Waals surface area contributed by atoms with E-state index in [1.165, 1.54) is 4.88 Å². The van der Waals surface area contributed by atoms with Crippen molar-refractivity contribution in [2.45, 2.75) is 40.2 Å². The summed E-state index contributed by atoms with van der Waals surface area (Å²) in [6, 6.07) is 0. The fourth-order valence-corrected chi connectivity index (χ4v) is 2.43. The van der Waals surface area contributed by atoms with E-state index in [4.69, 9.17) is 4.74 Å². The maximum Gasteiger partial charge on any atom is 0.122 e. The average molecular weight is 213 g/mol. The van der Waals surface area contributed by atoms with Gasteiger partial charge in [-0.2, -0.15) is 0 Å². The van der Waals surface area contributed by atoms with Gasteiger partial charge in [0.2, 0.25) is 0 Å². The highest BCUT2D eigenvalue weighted by atomic mass is 32.1. The van der Waals surface area contributed by atoms with Gasteiger partial charge in [-0.3, -0.25) is 0 Å². The van der Waals surface area contributed by atoms with Crippen molar-refractivity contribution < 1.29 is 4.74 Å². The van der Waals surface area contributed by atoms with E-state index in [1.807, 2.05) is 13.1 Å². The molecule has 1 aromatic rings. The molecule has 14 heavy (non-hydrogen) atoms. The summed E-state index contributed by atoms with van der Waals surface area (Å²) in [4.78, 5) is 5.76. The first-order valence-electron chi connectivity index (χ1n) is 5.25. The summed E-state index contributed by atoms with van der Waals surface area (Å²) in [6.45, 7) is 9.29. The van der Waals surface area contributed by atoms with Gasteiger partial charge in [0.15, 0.2) is 0 Å². The molecule has 0 radical (unpaired) electrons. The van der Waals surface area contributed by atoms with Gasteiger partial charge < -0.3 is 4.74 Å². The number of ether oxygens (including phenoxy) is 1. The molecular formula is C11H19NOS. The number of aromatic nitrogens is 1. The van der Waals surface area contributed by atoms with Gasteiger partial charge in [0.05, 0.1) is 0 Å². The molecule has 0 aromatic carbocycles. The molecule has 1 aromatic heterocycles. The summed E-state index contributed by atoms with van der Waals surface area (Å²) < 4.78 is 5.70. The molecule has 2 nitrogen and oxygen atoms in total. The van der Waals surface area contributed by atoms with E-state index in [2.05, 4.69) is 25.8 Å². The van der Waals surface area contributed by atoms with Crippen LogP contribution in [0.3, 0.4) is 0 Å². The van der Waals surface area contributed by atoms with Crippen LogP contribution >= 0.6 is 11.3 Å². The van der Waals surface area contributed by atoms with Crippen LogP contribution in [0.2, 0.25) is 0 Å². The van der Waals surface area contributed by atoms with Crippen molar-refractivity contribution in [1.29, 1.82) is 0 Å². The molecule has 0 fully saturated rings. The zero-order chi connectivity index (χ0) is 10.6. The third kappa shape index (κ3) is 2.79. The van der Waals surface area contributed by atoms with Crippen molar-refractivity contribution in [1.82, 2.24) is 4.98 Å². The summed E-state index contributed by atoms with van der Waals surface area (Å²) in [5, 5.41) is 1.12. The maximum absolute atomic E-state index is 5.70. The molecule has 0 amide bonds. The molecule has 1 unspecified atom stereocenters. The third-order valence-electron chi connectivity index (χ3n) is 2.12. The fraction of sp³-hybridized carbons (Fsp3) is 0.727. The lowest BCUT2D eigenvalue weighted by molar-refractivity contribution is 0.0293. The maximum atomic E-state index is 5.70. The Morgan fingerprint density at radius 2 is 2.14 bits per heavy atom. The summed E-state index contributed by atoms with van der Waals surface area (Å²) in [5.41, 5.74) is 0. The predicted molar refractivity (Wildman–Crippen MR) is 60.7 cm³/mol. The van der Waals surface area contributed by atoms with E-state index in [-0.39, 0.29) is 6.10 Å². The van der Waals surface area contributed by atoms with Crippen molar-refractivity contribution >= 4 is 11.3 Å². The van der Waals surface area contributed by atoms with Crippen LogP contribution in [0.15, 0.2) is 6.20 Å². The molecule has 1 atom stereocenters. The lowest BCUT2D eigenvalue weighted by Crippen LogP contribution is -2.10. The van der Waals surface area contributed by atoms with Crippen LogP contribution in [-0.2, 0) is 11.2 Å². The number of aryl methyl sites for hydroxylation is 1. The Labute approximate surface area is 90.3 Å². The van der Waals surface area contributed by atoms with E-state index in [1.54, 1.807) is 11.3 Å². The van der Waals surface area contributed by atoms with Crippen molar-refractivity contribution in [3.8, 4) is 0 Å². The fourth-order valence-electron chi connectivity index (χ4n) is 1.35. The van der Waals surface area contributed by atoms with Gasteiger partial charge in [-0.05, 0) is 19.3 Å². The summed E-state index contributed by atoms with van der Waals surface area (Å²) in [7, 11) is 0. The van der Waals surface area contributed by atoms with Crippen molar-refractivity contribution in [2.24, 2.45) is 5.92 Å². The highest BCUT2D eigenvalue weighted by Crippen LogP contribution is 2.29. The van der Waals surface area contributed by atoms with Crippen molar-refractivity contribution in [3.63, 3.8) is 0 Å². The molecule has 0 saturated carbocycles. The Hall–Kier alpha value is -0.410. The molecule has 3 heteroatoms. The van der Waals surface area contributed by atoms with Crippen molar-refractivity contribution in [3.05, 3.63) is 16.1 Å². The molecule has 0 aliphatic carbocycles. The summed E-state index contributed by atoms with van der Waals surface area (Å²) in [6.07, 6.45) is 3.20. The van der Waals surface area contributed by atoms with E-state index in [9.17, 15) is 0 Å². The number of hydrogen-bond donors (Lipinski definition) is 0. The van der Waals surface area contributed by atoms with E-state index >= 15 is 0 Å². The quantitative estimate of drug-likeness (QED) is 0.747. The molecule has 0 N–H and O–H groups in total. The number of nitrogens with zero attached hydrogens (tertiary/aromatic N) is 1. The smallest absolute Gasteiger partial charge is 0.122 e. The second-order valence-electron chi connectivity index (χ2n) is 3.64. The Balaban J connectivity index is 2.76. The molecule has 1 rings (SSSR count). The van der Waals surface area contributed by atoms with Crippen LogP contribution in [0.4, 0.5) is 0 Å². The Bertz CT molecular complexity index is 270. The Kier molecular flexibility index (Phi) is 4.55. The van der Waals surface area contributed by atoms with Gasteiger partial charge in [0, 0.05) is 17.7 Å². The largest absolute Gasteiger partial charge is 0.371 e. The highest BCUT2D eigenvalue weighted by molar-refractivity contribution is 7.11. The van der Waals surface area contributed by atoms with Crippen LogP contribution in [0.25, 0.3) is 0 Å². The minimum Gasteiger partial charge on any atom is -0.371 e. The molecule has 0 aliphatic heterocycles. The number of rotatable bonds is 5. The van der Waals surface area contributed by atoms with Gasteiger partial charge in [-0.15, -0.1) is 11.3 Å². The monoisotopic (exact) mass is 213 g/mol. The first kappa shape index (κ1) is 11.7. The van der Waals surface area contributed by atoms with Crippen LogP contribution < -0.4 is 0 Å². The Morgan fingerprint density at radius 3 is 2.57 bits per heavy atom.